The van der Waals surface area contributed by atoms with Gasteiger partial charge in [-0.15, -0.1) is 0 Å². The standard InChI is InChI=1S/C28H29FN4O3/c1-20-3-2-12-33-18-24(31-27(20)33)19-36-25-10-6-22(7-11-25)28(34)30-17-26(32-13-15-35-16-14-32)21-4-8-23(29)9-5-21/h2-12,18,26H,13-17,19H2,1H3,(H,30,34). The predicted octanol–water partition coefficient (Wildman–Crippen LogP) is 4.16. The van der Waals surface area contributed by atoms with Crippen molar-refractivity contribution < 1.29 is 18.7 Å². The van der Waals surface area contributed by atoms with Gasteiger partial charge in [0.2, 0.25) is 0 Å². The minimum absolute atomic E-state index is 0.0601. The van der Waals surface area contributed by atoms with Crippen molar-refractivity contribution in [1.82, 2.24) is 19.6 Å². The zero-order valence-corrected chi connectivity index (χ0v) is 20.2. The van der Waals surface area contributed by atoms with E-state index in [0.717, 1.165) is 35.6 Å². The minimum atomic E-state index is -0.276. The van der Waals surface area contributed by atoms with E-state index in [9.17, 15) is 9.18 Å². The maximum absolute atomic E-state index is 13.5. The molecule has 5 rings (SSSR count). The molecule has 1 saturated heterocycles. The third kappa shape index (κ3) is 5.56. The summed E-state index contributed by atoms with van der Waals surface area (Å²) in [6.45, 7) is 5.58. The Morgan fingerprint density at radius 3 is 2.58 bits per heavy atom. The van der Waals surface area contributed by atoms with Crippen molar-refractivity contribution in [2.75, 3.05) is 32.8 Å². The Balaban J connectivity index is 1.19. The zero-order chi connectivity index (χ0) is 24.9. The zero-order valence-electron chi connectivity index (χ0n) is 20.2. The van der Waals surface area contributed by atoms with Crippen molar-refractivity contribution in [1.29, 1.82) is 0 Å². The molecule has 8 heteroatoms. The van der Waals surface area contributed by atoms with Crippen LogP contribution in [0.15, 0.2) is 73.1 Å². The third-order valence-electron chi connectivity index (χ3n) is 6.43. The second-order valence-corrected chi connectivity index (χ2v) is 8.89. The number of carbonyl (C=O) groups excluding carboxylic acids is 1. The molecule has 3 heterocycles. The molecule has 0 spiro atoms. The average Bonchev–Trinajstić information content (AvgIpc) is 3.34. The Bertz CT molecular complexity index is 1320. The number of carbonyl (C=O) groups is 1. The Kier molecular flexibility index (Phi) is 7.25. The highest BCUT2D eigenvalue weighted by Crippen LogP contribution is 2.22. The highest BCUT2D eigenvalue weighted by atomic mass is 19.1. The molecule has 0 bridgehead atoms. The van der Waals surface area contributed by atoms with Gasteiger partial charge in [0.15, 0.2) is 0 Å². The first kappa shape index (κ1) is 24.0. The fourth-order valence-electron chi connectivity index (χ4n) is 4.46. The number of hydrogen-bond acceptors (Lipinski definition) is 5. The number of ether oxygens (including phenoxy) is 2. The summed E-state index contributed by atoms with van der Waals surface area (Å²) in [7, 11) is 0. The topological polar surface area (TPSA) is 68.1 Å². The maximum Gasteiger partial charge on any atom is 0.251 e. The van der Waals surface area contributed by atoms with Crippen molar-refractivity contribution in [3.63, 3.8) is 0 Å². The fourth-order valence-corrected chi connectivity index (χ4v) is 4.46. The molecule has 2 aromatic heterocycles. The molecule has 2 aromatic carbocycles. The van der Waals surface area contributed by atoms with Crippen LogP contribution < -0.4 is 10.1 Å². The Labute approximate surface area is 209 Å². The van der Waals surface area contributed by atoms with Gasteiger partial charge in [-0.2, -0.15) is 0 Å². The summed E-state index contributed by atoms with van der Waals surface area (Å²) in [5.41, 5.74) is 4.37. The largest absolute Gasteiger partial charge is 0.487 e. The predicted molar refractivity (Wildman–Crippen MR) is 135 cm³/mol. The lowest BCUT2D eigenvalue weighted by Gasteiger charge is -2.35. The van der Waals surface area contributed by atoms with E-state index in [1.54, 1.807) is 36.4 Å². The lowest BCUT2D eigenvalue weighted by atomic mass is 10.0. The lowest BCUT2D eigenvalue weighted by molar-refractivity contribution is 0.0162. The number of fused-ring (bicyclic) bond motifs is 1. The SMILES string of the molecule is Cc1cccn2cc(COc3ccc(C(=O)NCC(c4ccc(F)cc4)N4CCOCC4)cc3)nc12. The molecule has 0 radical (unpaired) electrons. The molecule has 4 aromatic rings. The molecule has 36 heavy (non-hydrogen) atoms. The smallest absolute Gasteiger partial charge is 0.251 e. The van der Waals surface area contributed by atoms with Crippen molar-refractivity contribution >= 4 is 11.6 Å². The number of pyridine rings is 1. The van der Waals surface area contributed by atoms with Crippen LogP contribution >= 0.6 is 0 Å². The third-order valence-corrected chi connectivity index (χ3v) is 6.43. The first-order valence-electron chi connectivity index (χ1n) is 12.1. The molecule has 0 saturated carbocycles. The summed E-state index contributed by atoms with van der Waals surface area (Å²) < 4.78 is 26.8. The highest BCUT2D eigenvalue weighted by molar-refractivity contribution is 5.94. The number of hydrogen-bond donors (Lipinski definition) is 1. The van der Waals surface area contributed by atoms with Crippen LogP contribution in [0, 0.1) is 12.7 Å². The quantitative estimate of drug-likeness (QED) is 0.403. The van der Waals surface area contributed by atoms with Gasteiger partial charge in [0, 0.05) is 37.6 Å². The molecule has 1 amide bonds. The van der Waals surface area contributed by atoms with Crippen molar-refractivity contribution in [2.45, 2.75) is 19.6 Å². The van der Waals surface area contributed by atoms with E-state index in [0.29, 0.717) is 37.7 Å². The Morgan fingerprint density at radius 2 is 1.86 bits per heavy atom. The summed E-state index contributed by atoms with van der Waals surface area (Å²) in [6, 6.07) is 17.5. The molecule has 1 N–H and O–H groups in total. The van der Waals surface area contributed by atoms with E-state index in [1.165, 1.54) is 12.1 Å². The second kappa shape index (κ2) is 10.9. The Morgan fingerprint density at radius 1 is 1.11 bits per heavy atom. The number of aryl methyl sites for hydroxylation is 1. The highest BCUT2D eigenvalue weighted by Gasteiger charge is 2.23. The molecular formula is C28H29FN4O3. The van der Waals surface area contributed by atoms with E-state index in [-0.39, 0.29) is 17.8 Å². The summed E-state index contributed by atoms with van der Waals surface area (Å²) >= 11 is 0. The monoisotopic (exact) mass is 488 g/mol. The molecule has 186 valence electrons. The van der Waals surface area contributed by atoms with Gasteiger partial charge < -0.3 is 19.2 Å². The number of aromatic nitrogens is 2. The van der Waals surface area contributed by atoms with Crippen molar-refractivity contribution in [3.8, 4) is 5.75 Å². The normalized spacial score (nSPS) is 15.1. The molecular weight excluding hydrogens is 459 g/mol. The summed E-state index contributed by atoms with van der Waals surface area (Å²) in [5, 5.41) is 3.04. The molecule has 1 unspecified atom stereocenters. The van der Waals surface area contributed by atoms with Crippen LogP contribution in [0.2, 0.25) is 0 Å². The number of nitrogens with one attached hydrogen (secondary N) is 1. The number of morpholine rings is 1. The van der Waals surface area contributed by atoms with Crippen molar-refractivity contribution in [3.05, 3.63) is 101 Å². The van der Waals surface area contributed by atoms with E-state index >= 15 is 0 Å². The van der Waals surface area contributed by atoms with Gasteiger partial charge in [-0.25, -0.2) is 9.37 Å². The molecule has 1 atom stereocenters. The number of halogens is 1. The minimum Gasteiger partial charge on any atom is -0.487 e. The van der Waals surface area contributed by atoms with Crippen LogP contribution in [0.25, 0.3) is 5.65 Å². The summed E-state index contributed by atoms with van der Waals surface area (Å²) in [5.74, 6) is 0.220. The van der Waals surface area contributed by atoms with Crippen LogP contribution in [-0.2, 0) is 11.3 Å². The first-order valence-corrected chi connectivity index (χ1v) is 12.1. The summed E-state index contributed by atoms with van der Waals surface area (Å²) in [4.78, 5) is 19.8. The first-order chi connectivity index (χ1) is 17.6. The van der Waals surface area contributed by atoms with Gasteiger partial charge in [0.25, 0.3) is 5.91 Å². The van der Waals surface area contributed by atoms with Gasteiger partial charge in [-0.3, -0.25) is 9.69 Å². The molecule has 0 aliphatic carbocycles. The lowest BCUT2D eigenvalue weighted by Crippen LogP contribution is -2.43. The fraction of sp³-hybridized carbons (Fsp3) is 0.286. The van der Waals surface area contributed by atoms with Crippen LogP contribution in [0.3, 0.4) is 0 Å². The number of rotatable bonds is 8. The van der Waals surface area contributed by atoms with Gasteiger partial charge in [0.1, 0.15) is 23.8 Å². The summed E-state index contributed by atoms with van der Waals surface area (Å²) in [6.07, 6.45) is 3.92. The second-order valence-electron chi connectivity index (χ2n) is 8.89. The van der Waals surface area contributed by atoms with Gasteiger partial charge in [-0.05, 0) is 60.5 Å². The van der Waals surface area contributed by atoms with E-state index in [1.807, 2.05) is 35.9 Å². The van der Waals surface area contributed by atoms with E-state index in [2.05, 4.69) is 15.2 Å². The molecule has 1 aliphatic heterocycles. The van der Waals surface area contributed by atoms with E-state index < -0.39 is 0 Å². The Hall–Kier alpha value is -3.75. The van der Waals surface area contributed by atoms with Gasteiger partial charge in [0.05, 0.1) is 24.9 Å². The number of amides is 1. The van der Waals surface area contributed by atoms with Gasteiger partial charge >= 0.3 is 0 Å². The average molecular weight is 489 g/mol. The van der Waals surface area contributed by atoms with Crippen LogP contribution in [0.1, 0.15) is 33.2 Å². The van der Waals surface area contributed by atoms with Crippen molar-refractivity contribution in [2.24, 2.45) is 0 Å². The molecule has 1 aliphatic rings. The van der Waals surface area contributed by atoms with Crippen LogP contribution in [0.5, 0.6) is 5.75 Å². The van der Waals surface area contributed by atoms with Gasteiger partial charge in [-0.1, -0.05) is 18.2 Å². The molecule has 7 nitrogen and oxygen atoms in total. The van der Waals surface area contributed by atoms with Crippen LogP contribution in [0.4, 0.5) is 4.39 Å². The number of imidazole rings is 1. The number of nitrogens with zero attached hydrogens (tertiary/aromatic N) is 3. The molecule has 1 fully saturated rings. The van der Waals surface area contributed by atoms with Crippen LogP contribution in [-0.4, -0.2) is 53.0 Å². The van der Waals surface area contributed by atoms with E-state index in [4.69, 9.17) is 9.47 Å². The maximum atomic E-state index is 13.5. The number of benzene rings is 2.